The summed E-state index contributed by atoms with van der Waals surface area (Å²) in [5.74, 6) is -0.167. The van der Waals surface area contributed by atoms with Gasteiger partial charge in [-0.25, -0.2) is 4.79 Å². The van der Waals surface area contributed by atoms with E-state index in [0.29, 0.717) is 18.0 Å². The summed E-state index contributed by atoms with van der Waals surface area (Å²) in [7, 11) is 1.35. The number of carbonyl (C=O) groups is 2. The van der Waals surface area contributed by atoms with Gasteiger partial charge in [-0.2, -0.15) is 0 Å². The molecule has 0 bridgehead atoms. The summed E-state index contributed by atoms with van der Waals surface area (Å²) >= 11 is 0. The lowest BCUT2D eigenvalue weighted by Crippen LogP contribution is -2.21. The van der Waals surface area contributed by atoms with Crippen molar-refractivity contribution in [2.45, 2.75) is 33.2 Å². The fraction of sp³-hybridized carbons (Fsp3) is 0.429. The van der Waals surface area contributed by atoms with Crippen LogP contribution in [0.3, 0.4) is 0 Å². The number of hydrogen-bond acceptors (Lipinski definition) is 3. The Morgan fingerprint density at radius 1 is 1.33 bits per heavy atom. The summed E-state index contributed by atoms with van der Waals surface area (Å²) in [4.78, 5) is 22.6. The van der Waals surface area contributed by atoms with E-state index in [4.69, 9.17) is 4.74 Å². The third-order valence-corrected chi connectivity index (χ3v) is 2.73. The Bertz CT molecular complexity index is 452. The maximum atomic E-state index is 11.7. The number of benzene rings is 1. The summed E-state index contributed by atoms with van der Waals surface area (Å²) in [6.07, 6.45) is 0. The highest BCUT2D eigenvalue weighted by Gasteiger charge is 2.14. The predicted octanol–water partition coefficient (Wildman–Crippen LogP) is 2.23. The fourth-order valence-corrected chi connectivity index (χ4v) is 1.63. The van der Waals surface area contributed by atoms with E-state index in [1.165, 1.54) is 14.0 Å². The summed E-state index contributed by atoms with van der Waals surface area (Å²) in [5, 5.41) is 2.68. The molecule has 18 heavy (non-hydrogen) atoms. The van der Waals surface area contributed by atoms with Crippen molar-refractivity contribution in [2.75, 3.05) is 7.11 Å². The molecule has 0 unspecified atom stereocenters. The molecule has 0 atom stereocenters. The average Bonchev–Trinajstić information content (AvgIpc) is 2.34. The van der Waals surface area contributed by atoms with E-state index in [2.05, 4.69) is 19.2 Å². The van der Waals surface area contributed by atoms with Crippen LogP contribution in [0.4, 0.5) is 0 Å². The highest BCUT2D eigenvalue weighted by Crippen LogP contribution is 2.19. The number of hydrogen-bond donors (Lipinski definition) is 1. The molecule has 0 saturated carbocycles. The molecule has 98 valence electrons. The number of nitrogens with one attached hydrogen (secondary N) is 1. The van der Waals surface area contributed by atoms with Crippen LogP contribution < -0.4 is 5.32 Å². The molecule has 0 aromatic heterocycles. The molecule has 0 radical (unpaired) electrons. The Kier molecular flexibility index (Phi) is 4.89. The molecule has 0 fully saturated rings. The standard InChI is InChI=1S/C14H19NO3/c1-9(2)11-5-6-12(8-15-10(3)16)13(7-11)14(17)18-4/h5-7,9H,8H2,1-4H3,(H,15,16). The first-order valence-corrected chi connectivity index (χ1v) is 5.91. The van der Waals surface area contributed by atoms with Crippen LogP contribution in [0.1, 0.15) is 48.2 Å². The minimum Gasteiger partial charge on any atom is -0.465 e. The lowest BCUT2D eigenvalue weighted by Gasteiger charge is -2.12. The molecule has 4 heteroatoms. The van der Waals surface area contributed by atoms with Gasteiger partial charge in [-0.3, -0.25) is 4.79 Å². The van der Waals surface area contributed by atoms with Gasteiger partial charge in [0.25, 0.3) is 0 Å². The van der Waals surface area contributed by atoms with Crippen LogP contribution in [0.15, 0.2) is 18.2 Å². The minimum absolute atomic E-state index is 0.126. The van der Waals surface area contributed by atoms with Gasteiger partial charge in [0.05, 0.1) is 12.7 Å². The topological polar surface area (TPSA) is 55.4 Å². The first-order chi connectivity index (χ1) is 8.45. The van der Waals surface area contributed by atoms with E-state index in [0.717, 1.165) is 11.1 Å². The van der Waals surface area contributed by atoms with E-state index in [9.17, 15) is 9.59 Å². The van der Waals surface area contributed by atoms with Crippen molar-refractivity contribution >= 4 is 11.9 Å². The van der Waals surface area contributed by atoms with Crippen LogP contribution in [0.25, 0.3) is 0 Å². The fourth-order valence-electron chi connectivity index (χ4n) is 1.63. The van der Waals surface area contributed by atoms with Crippen molar-refractivity contribution in [3.63, 3.8) is 0 Å². The Morgan fingerprint density at radius 3 is 2.50 bits per heavy atom. The molecule has 0 aliphatic heterocycles. The second kappa shape index (κ2) is 6.19. The summed E-state index contributed by atoms with van der Waals surface area (Å²) < 4.78 is 4.77. The highest BCUT2D eigenvalue weighted by molar-refractivity contribution is 5.91. The van der Waals surface area contributed by atoms with Crippen molar-refractivity contribution in [1.29, 1.82) is 0 Å². The summed E-state index contributed by atoms with van der Waals surface area (Å²) in [6, 6.07) is 5.65. The number of methoxy groups -OCH3 is 1. The van der Waals surface area contributed by atoms with Gasteiger partial charge in [0.2, 0.25) is 5.91 Å². The first-order valence-electron chi connectivity index (χ1n) is 5.91. The molecular weight excluding hydrogens is 230 g/mol. The SMILES string of the molecule is COC(=O)c1cc(C(C)C)ccc1CNC(C)=O. The van der Waals surface area contributed by atoms with Crippen LogP contribution in [-0.2, 0) is 16.1 Å². The lowest BCUT2D eigenvalue weighted by atomic mass is 9.97. The minimum atomic E-state index is -0.377. The second-order valence-electron chi connectivity index (χ2n) is 4.47. The van der Waals surface area contributed by atoms with Crippen LogP contribution in [-0.4, -0.2) is 19.0 Å². The van der Waals surface area contributed by atoms with Crippen molar-refractivity contribution < 1.29 is 14.3 Å². The first kappa shape index (κ1) is 14.2. The van der Waals surface area contributed by atoms with E-state index in [-0.39, 0.29) is 11.9 Å². The molecule has 1 amide bonds. The van der Waals surface area contributed by atoms with Gasteiger partial charge in [-0.05, 0) is 23.1 Å². The lowest BCUT2D eigenvalue weighted by molar-refractivity contribution is -0.119. The van der Waals surface area contributed by atoms with Gasteiger partial charge in [0.1, 0.15) is 0 Å². The molecule has 1 N–H and O–H groups in total. The smallest absolute Gasteiger partial charge is 0.338 e. The molecule has 0 aliphatic rings. The number of rotatable bonds is 4. The van der Waals surface area contributed by atoms with Crippen LogP contribution in [0.5, 0.6) is 0 Å². The molecule has 1 rings (SSSR count). The van der Waals surface area contributed by atoms with Crippen LogP contribution >= 0.6 is 0 Å². The zero-order chi connectivity index (χ0) is 13.7. The Labute approximate surface area is 107 Å². The number of carbonyl (C=O) groups excluding carboxylic acids is 2. The molecule has 0 spiro atoms. The van der Waals surface area contributed by atoms with E-state index in [1.807, 2.05) is 18.2 Å². The Morgan fingerprint density at radius 2 is 2.00 bits per heavy atom. The zero-order valence-electron chi connectivity index (χ0n) is 11.2. The molecule has 1 aromatic carbocycles. The predicted molar refractivity (Wildman–Crippen MR) is 69.4 cm³/mol. The van der Waals surface area contributed by atoms with Crippen molar-refractivity contribution in [3.05, 3.63) is 34.9 Å². The molecule has 0 heterocycles. The zero-order valence-corrected chi connectivity index (χ0v) is 11.2. The average molecular weight is 249 g/mol. The van der Waals surface area contributed by atoms with Gasteiger partial charge < -0.3 is 10.1 Å². The Balaban J connectivity index is 3.08. The number of esters is 1. The maximum absolute atomic E-state index is 11.7. The van der Waals surface area contributed by atoms with E-state index >= 15 is 0 Å². The quantitative estimate of drug-likeness (QED) is 0.832. The molecule has 4 nitrogen and oxygen atoms in total. The number of amides is 1. The van der Waals surface area contributed by atoms with Gasteiger partial charge in [-0.15, -0.1) is 0 Å². The molecule has 0 saturated heterocycles. The number of ether oxygens (including phenoxy) is 1. The van der Waals surface area contributed by atoms with Crippen molar-refractivity contribution in [1.82, 2.24) is 5.32 Å². The molecule has 0 aliphatic carbocycles. The van der Waals surface area contributed by atoms with Crippen LogP contribution in [0, 0.1) is 0 Å². The Hall–Kier alpha value is -1.84. The van der Waals surface area contributed by atoms with Gasteiger partial charge in [0.15, 0.2) is 0 Å². The monoisotopic (exact) mass is 249 g/mol. The van der Waals surface area contributed by atoms with Gasteiger partial charge in [0, 0.05) is 13.5 Å². The van der Waals surface area contributed by atoms with Gasteiger partial charge in [-0.1, -0.05) is 26.0 Å². The van der Waals surface area contributed by atoms with E-state index < -0.39 is 0 Å². The van der Waals surface area contributed by atoms with Crippen molar-refractivity contribution in [2.24, 2.45) is 0 Å². The largest absolute Gasteiger partial charge is 0.465 e. The summed E-state index contributed by atoms with van der Waals surface area (Å²) in [6.45, 7) is 5.90. The summed E-state index contributed by atoms with van der Waals surface area (Å²) in [5.41, 5.74) is 2.35. The third-order valence-electron chi connectivity index (χ3n) is 2.73. The van der Waals surface area contributed by atoms with Crippen LogP contribution in [0.2, 0.25) is 0 Å². The highest BCUT2D eigenvalue weighted by atomic mass is 16.5. The van der Waals surface area contributed by atoms with E-state index in [1.54, 1.807) is 0 Å². The normalized spacial score (nSPS) is 10.3. The van der Waals surface area contributed by atoms with Crippen molar-refractivity contribution in [3.8, 4) is 0 Å². The molecule has 1 aromatic rings. The van der Waals surface area contributed by atoms with Gasteiger partial charge >= 0.3 is 5.97 Å². The maximum Gasteiger partial charge on any atom is 0.338 e. The second-order valence-corrected chi connectivity index (χ2v) is 4.47. The third kappa shape index (κ3) is 3.58. The molecular formula is C14H19NO3.